The van der Waals surface area contributed by atoms with E-state index >= 15 is 0 Å². The number of fused-ring (bicyclic) bond motifs is 1. The van der Waals surface area contributed by atoms with Gasteiger partial charge in [0.25, 0.3) is 0 Å². The van der Waals surface area contributed by atoms with Crippen LogP contribution in [0.25, 0.3) is 0 Å². The molecule has 0 fully saturated rings. The first-order valence-electron chi connectivity index (χ1n) is 5.27. The molecule has 0 saturated carbocycles. The minimum atomic E-state index is -0.397. The van der Waals surface area contributed by atoms with Gasteiger partial charge in [0, 0.05) is 11.3 Å². The second kappa shape index (κ2) is 4.39. The third-order valence-electron chi connectivity index (χ3n) is 2.85. The largest absolute Gasteiger partial charge is 0.368 e. The molecule has 1 atom stereocenters. The molecule has 16 heavy (non-hydrogen) atoms. The van der Waals surface area contributed by atoms with Gasteiger partial charge in [-0.15, -0.1) is 11.3 Å². The maximum absolute atomic E-state index is 11.2. The summed E-state index contributed by atoms with van der Waals surface area (Å²) in [7, 11) is 0. The Morgan fingerprint density at radius 1 is 1.81 bits per heavy atom. The molecule has 1 aromatic heterocycles. The van der Waals surface area contributed by atoms with Gasteiger partial charge in [0.1, 0.15) is 5.60 Å². The molecule has 86 valence electrons. The molecule has 0 aromatic carbocycles. The number of hydrogen-bond donors (Lipinski definition) is 1. The molecule has 2 rings (SSSR count). The van der Waals surface area contributed by atoms with Crippen LogP contribution in [-0.4, -0.2) is 19.1 Å². The summed E-state index contributed by atoms with van der Waals surface area (Å²) in [6.07, 6.45) is 2.25. The van der Waals surface area contributed by atoms with E-state index in [-0.39, 0.29) is 5.91 Å². The molecule has 1 N–H and O–H groups in total. The minimum Gasteiger partial charge on any atom is -0.368 e. The topological polar surface area (TPSA) is 38.3 Å². The molecular formula is C12H15NO2S. The van der Waals surface area contributed by atoms with E-state index in [1.54, 1.807) is 11.3 Å². The molecule has 0 bridgehead atoms. The van der Waals surface area contributed by atoms with Crippen LogP contribution in [0.3, 0.4) is 0 Å². The van der Waals surface area contributed by atoms with Crippen LogP contribution in [0.15, 0.2) is 24.1 Å². The van der Waals surface area contributed by atoms with E-state index in [0.717, 1.165) is 6.42 Å². The number of hydrogen-bond acceptors (Lipinski definition) is 3. The van der Waals surface area contributed by atoms with Gasteiger partial charge < -0.3 is 10.1 Å². The Kier molecular flexibility index (Phi) is 3.12. The van der Waals surface area contributed by atoms with Crippen LogP contribution in [0.4, 0.5) is 0 Å². The summed E-state index contributed by atoms with van der Waals surface area (Å²) >= 11 is 1.75. The fourth-order valence-electron chi connectivity index (χ4n) is 1.93. The molecule has 1 amide bonds. The van der Waals surface area contributed by atoms with Crippen molar-refractivity contribution in [2.45, 2.75) is 18.9 Å². The number of nitrogens with one attached hydrogen (secondary N) is 1. The maximum atomic E-state index is 11.2. The standard InChI is InChI=1S/C12H15NO2S/c1-3-11(14)13-8-12(2)9-5-7-16-10(9)4-6-15-12/h3,5,7H,1,4,6,8H2,2H3,(H,13,14). The second-order valence-corrected chi connectivity index (χ2v) is 5.01. The van der Waals surface area contributed by atoms with Crippen molar-refractivity contribution in [2.75, 3.05) is 13.2 Å². The Hall–Kier alpha value is -1.13. The third-order valence-corrected chi connectivity index (χ3v) is 3.83. The van der Waals surface area contributed by atoms with E-state index in [2.05, 4.69) is 23.3 Å². The van der Waals surface area contributed by atoms with Gasteiger partial charge in [-0.3, -0.25) is 4.79 Å². The molecular weight excluding hydrogens is 222 g/mol. The summed E-state index contributed by atoms with van der Waals surface area (Å²) in [5.41, 5.74) is 0.805. The molecule has 1 aliphatic rings. The van der Waals surface area contributed by atoms with Gasteiger partial charge in [-0.1, -0.05) is 6.58 Å². The van der Waals surface area contributed by atoms with Crippen molar-refractivity contribution in [1.29, 1.82) is 0 Å². The Labute approximate surface area is 99.1 Å². The van der Waals surface area contributed by atoms with E-state index in [1.165, 1.54) is 16.5 Å². The fourth-order valence-corrected chi connectivity index (χ4v) is 2.91. The van der Waals surface area contributed by atoms with Crippen LogP contribution < -0.4 is 5.32 Å². The van der Waals surface area contributed by atoms with E-state index in [4.69, 9.17) is 4.74 Å². The van der Waals surface area contributed by atoms with Gasteiger partial charge in [-0.25, -0.2) is 0 Å². The summed E-state index contributed by atoms with van der Waals surface area (Å²) in [5, 5.41) is 4.87. The summed E-state index contributed by atoms with van der Waals surface area (Å²) in [4.78, 5) is 12.5. The molecule has 4 heteroatoms. The number of ether oxygens (including phenoxy) is 1. The Morgan fingerprint density at radius 3 is 3.38 bits per heavy atom. The summed E-state index contributed by atoms with van der Waals surface area (Å²) in [5.74, 6) is -0.160. The summed E-state index contributed by atoms with van der Waals surface area (Å²) in [6.45, 7) is 6.65. The quantitative estimate of drug-likeness (QED) is 0.815. The van der Waals surface area contributed by atoms with Gasteiger partial charge >= 0.3 is 0 Å². The highest BCUT2D eigenvalue weighted by molar-refractivity contribution is 7.10. The van der Waals surface area contributed by atoms with E-state index in [1.807, 2.05) is 6.92 Å². The van der Waals surface area contributed by atoms with Crippen LogP contribution >= 0.6 is 11.3 Å². The van der Waals surface area contributed by atoms with Crippen molar-refractivity contribution < 1.29 is 9.53 Å². The van der Waals surface area contributed by atoms with Crippen LogP contribution in [0.1, 0.15) is 17.4 Å². The average molecular weight is 237 g/mol. The predicted molar refractivity (Wildman–Crippen MR) is 64.5 cm³/mol. The maximum Gasteiger partial charge on any atom is 0.243 e. The first kappa shape index (κ1) is 11.4. The number of thiophene rings is 1. The zero-order chi connectivity index (χ0) is 11.6. The Bertz CT molecular complexity index is 413. The second-order valence-electron chi connectivity index (χ2n) is 4.01. The smallest absolute Gasteiger partial charge is 0.243 e. The van der Waals surface area contributed by atoms with Crippen LogP contribution in [-0.2, 0) is 21.6 Å². The fraction of sp³-hybridized carbons (Fsp3) is 0.417. The summed E-state index contributed by atoms with van der Waals surface area (Å²) < 4.78 is 5.80. The number of carbonyl (C=O) groups excluding carboxylic acids is 1. The lowest BCUT2D eigenvalue weighted by atomic mass is 9.93. The van der Waals surface area contributed by atoms with Crippen LogP contribution in [0.2, 0.25) is 0 Å². The molecule has 0 radical (unpaired) electrons. The average Bonchev–Trinajstić information content (AvgIpc) is 2.76. The van der Waals surface area contributed by atoms with E-state index < -0.39 is 5.60 Å². The van der Waals surface area contributed by atoms with Gasteiger partial charge in [-0.05, 0) is 30.0 Å². The van der Waals surface area contributed by atoms with E-state index in [9.17, 15) is 4.79 Å². The van der Waals surface area contributed by atoms with Crippen molar-refractivity contribution in [2.24, 2.45) is 0 Å². The zero-order valence-electron chi connectivity index (χ0n) is 9.29. The van der Waals surface area contributed by atoms with Crippen LogP contribution in [0.5, 0.6) is 0 Å². The molecule has 1 unspecified atom stereocenters. The van der Waals surface area contributed by atoms with Crippen molar-refractivity contribution in [3.05, 3.63) is 34.5 Å². The van der Waals surface area contributed by atoms with Crippen molar-refractivity contribution in [1.82, 2.24) is 5.32 Å². The molecule has 1 aromatic rings. The normalized spacial score (nSPS) is 23.6. The van der Waals surface area contributed by atoms with E-state index in [0.29, 0.717) is 13.2 Å². The molecule has 1 aliphatic heterocycles. The lowest BCUT2D eigenvalue weighted by Crippen LogP contribution is -2.42. The summed E-state index contributed by atoms with van der Waals surface area (Å²) in [6, 6.07) is 2.08. The molecule has 0 spiro atoms. The van der Waals surface area contributed by atoms with Gasteiger partial charge in [0.15, 0.2) is 0 Å². The highest BCUT2D eigenvalue weighted by Crippen LogP contribution is 2.35. The van der Waals surface area contributed by atoms with Gasteiger partial charge in [0.05, 0.1) is 13.2 Å². The predicted octanol–water partition coefficient (Wildman–Crippen LogP) is 1.84. The first-order chi connectivity index (χ1) is 7.65. The monoisotopic (exact) mass is 237 g/mol. The van der Waals surface area contributed by atoms with Crippen molar-refractivity contribution >= 4 is 17.2 Å². The first-order valence-corrected chi connectivity index (χ1v) is 6.15. The number of amides is 1. The highest BCUT2D eigenvalue weighted by Gasteiger charge is 2.34. The lowest BCUT2D eigenvalue weighted by Gasteiger charge is -2.34. The minimum absolute atomic E-state index is 0.160. The Morgan fingerprint density at radius 2 is 2.62 bits per heavy atom. The van der Waals surface area contributed by atoms with Crippen molar-refractivity contribution in [3.8, 4) is 0 Å². The van der Waals surface area contributed by atoms with Crippen molar-refractivity contribution in [3.63, 3.8) is 0 Å². The Balaban J connectivity index is 2.14. The molecule has 0 saturated heterocycles. The zero-order valence-corrected chi connectivity index (χ0v) is 10.1. The van der Waals surface area contributed by atoms with Crippen LogP contribution in [0, 0.1) is 0 Å². The molecule has 3 nitrogen and oxygen atoms in total. The SMILES string of the molecule is C=CC(=O)NCC1(C)OCCc2sccc21. The number of rotatable bonds is 3. The van der Waals surface area contributed by atoms with Gasteiger partial charge in [0.2, 0.25) is 5.91 Å². The molecule has 0 aliphatic carbocycles. The highest BCUT2D eigenvalue weighted by atomic mass is 32.1. The van der Waals surface area contributed by atoms with Gasteiger partial charge in [-0.2, -0.15) is 0 Å². The third kappa shape index (κ3) is 2.03. The number of carbonyl (C=O) groups is 1. The molecule has 2 heterocycles. The lowest BCUT2D eigenvalue weighted by molar-refractivity contribution is -0.118.